The lowest BCUT2D eigenvalue weighted by Gasteiger charge is -2.21. The van der Waals surface area contributed by atoms with Crippen LogP contribution in [0.4, 0.5) is 0 Å². The molecular weight excluding hydrogens is 262 g/mol. The first-order chi connectivity index (χ1) is 9.20. The molecule has 0 amide bonds. The molecule has 102 valence electrons. The van der Waals surface area contributed by atoms with Crippen LogP contribution in [0.2, 0.25) is 5.02 Å². The Bertz CT molecular complexity index is 481. The Hall–Kier alpha value is -1.29. The number of benzene rings is 1. The smallest absolute Gasteiger partial charge is 0.103 e. The van der Waals surface area contributed by atoms with Gasteiger partial charge in [-0.2, -0.15) is 0 Å². The maximum Gasteiger partial charge on any atom is 0.103 e. The van der Waals surface area contributed by atoms with Crippen LogP contribution in [0.15, 0.2) is 47.1 Å². The monoisotopic (exact) mass is 279 g/mol. The van der Waals surface area contributed by atoms with Gasteiger partial charge in [0.25, 0.3) is 0 Å². The maximum absolute atomic E-state index is 10.3. The summed E-state index contributed by atoms with van der Waals surface area (Å²) in [5.41, 5.74) is 6.79. The summed E-state index contributed by atoms with van der Waals surface area (Å²) in [4.78, 5) is 0. The van der Waals surface area contributed by atoms with Crippen molar-refractivity contribution in [2.24, 2.45) is 5.73 Å². The summed E-state index contributed by atoms with van der Waals surface area (Å²) < 4.78 is 5.26. The van der Waals surface area contributed by atoms with E-state index in [1.807, 2.05) is 36.4 Å². The molecule has 0 aliphatic heterocycles. The van der Waals surface area contributed by atoms with E-state index in [9.17, 15) is 5.11 Å². The number of hydrogen-bond donors (Lipinski definition) is 2. The third-order valence-electron chi connectivity index (χ3n) is 3.28. The average molecular weight is 280 g/mol. The Kier molecular flexibility index (Phi) is 5.02. The van der Waals surface area contributed by atoms with E-state index >= 15 is 0 Å². The van der Waals surface area contributed by atoms with Crippen LogP contribution in [0.1, 0.15) is 23.7 Å². The van der Waals surface area contributed by atoms with Crippen molar-refractivity contribution in [2.45, 2.75) is 24.9 Å². The van der Waals surface area contributed by atoms with Crippen LogP contribution in [0.5, 0.6) is 0 Å². The SMILES string of the molecule is NCC(c1ccc(Cl)cc1)C(O)CCc1ccco1. The van der Waals surface area contributed by atoms with Gasteiger partial charge in [0.05, 0.1) is 12.4 Å². The molecule has 4 heteroatoms. The number of furan rings is 1. The summed E-state index contributed by atoms with van der Waals surface area (Å²) in [5.74, 6) is 0.804. The van der Waals surface area contributed by atoms with E-state index in [4.69, 9.17) is 21.8 Å². The highest BCUT2D eigenvalue weighted by Gasteiger charge is 2.19. The highest BCUT2D eigenvalue weighted by atomic mass is 35.5. The van der Waals surface area contributed by atoms with E-state index in [1.165, 1.54) is 0 Å². The van der Waals surface area contributed by atoms with Crippen molar-refractivity contribution >= 4 is 11.6 Å². The minimum Gasteiger partial charge on any atom is -0.469 e. The number of halogens is 1. The Morgan fingerprint density at radius 3 is 2.53 bits per heavy atom. The molecule has 3 N–H and O–H groups in total. The van der Waals surface area contributed by atoms with Crippen LogP contribution in [-0.2, 0) is 6.42 Å². The largest absolute Gasteiger partial charge is 0.469 e. The number of aliphatic hydroxyl groups is 1. The van der Waals surface area contributed by atoms with E-state index in [-0.39, 0.29) is 5.92 Å². The first-order valence-electron chi connectivity index (χ1n) is 6.36. The third kappa shape index (κ3) is 3.83. The third-order valence-corrected chi connectivity index (χ3v) is 3.54. The van der Waals surface area contributed by atoms with Crippen LogP contribution >= 0.6 is 11.6 Å². The molecule has 19 heavy (non-hydrogen) atoms. The second kappa shape index (κ2) is 6.75. The predicted octanol–water partition coefficient (Wildman–Crippen LogP) is 2.97. The molecule has 0 aliphatic rings. The topological polar surface area (TPSA) is 59.4 Å². The summed E-state index contributed by atoms with van der Waals surface area (Å²) in [5, 5.41) is 11.0. The molecule has 2 rings (SSSR count). The number of aliphatic hydroxyl groups excluding tert-OH is 1. The molecule has 2 aromatic rings. The van der Waals surface area contributed by atoms with Crippen LogP contribution in [-0.4, -0.2) is 17.8 Å². The van der Waals surface area contributed by atoms with Crippen molar-refractivity contribution < 1.29 is 9.52 Å². The Morgan fingerprint density at radius 1 is 1.21 bits per heavy atom. The van der Waals surface area contributed by atoms with Crippen molar-refractivity contribution in [1.29, 1.82) is 0 Å². The van der Waals surface area contributed by atoms with Gasteiger partial charge in [-0.05, 0) is 36.2 Å². The number of hydrogen-bond acceptors (Lipinski definition) is 3. The summed E-state index contributed by atoms with van der Waals surface area (Å²) in [6.07, 6.45) is 2.48. The van der Waals surface area contributed by atoms with Gasteiger partial charge in [-0.25, -0.2) is 0 Å². The molecule has 0 saturated heterocycles. The normalized spacial score (nSPS) is 14.3. The summed E-state index contributed by atoms with van der Waals surface area (Å²) in [7, 11) is 0. The fourth-order valence-electron chi connectivity index (χ4n) is 2.17. The second-order valence-corrected chi connectivity index (χ2v) is 5.02. The highest BCUT2D eigenvalue weighted by molar-refractivity contribution is 6.30. The Balaban J connectivity index is 1.98. The van der Waals surface area contributed by atoms with Gasteiger partial charge in [0.15, 0.2) is 0 Å². The van der Waals surface area contributed by atoms with E-state index in [2.05, 4.69) is 0 Å². The predicted molar refractivity (Wildman–Crippen MR) is 76.3 cm³/mol. The molecule has 0 radical (unpaired) electrons. The van der Waals surface area contributed by atoms with Crippen LogP contribution in [0.25, 0.3) is 0 Å². The highest BCUT2D eigenvalue weighted by Crippen LogP contribution is 2.23. The number of aryl methyl sites for hydroxylation is 1. The minimum absolute atomic E-state index is 0.0766. The van der Waals surface area contributed by atoms with E-state index < -0.39 is 6.10 Å². The van der Waals surface area contributed by atoms with Gasteiger partial charge in [0.1, 0.15) is 5.76 Å². The standard InChI is InChI=1S/C15H18ClNO2/c16-12-5-3-11(4-6-12)14(10-17)15(18)8-7-13-2-1-9-19-13/h1-6,9,14-15,18H,7-8,10,17H2. The molecule has 0 bridgehead atoms. The van der Waals surface area contributed by atoms with Gasteiger partial charge in [0.2, 0.25) is 0 Å². The molecule has 1 aromatic heterocycles. The molecule has 0 spiro atoms. The molecule has 2 unspecified atom stereocenters. The van der Waals surface area contributed by atoms with Gasteiger partial charge >= 0.3 is 0 Å². The zero-order valence-electron chi connectivity index (χ0n) is 10.6. The summed E-state index contributed by atoms with van der Waals surface area (Å²) >= 11 is 5.86. The molecule has 1 aromatic carbocycles. The van der Waals surface area contributed by atoms with Gasteiger partial charge in [-0.15, -0.1) is 0 Å². The fourth-order valence-corrected chi connectivity index (χ4v) is 2.30. The second-order valence-electron chi connectivity index (χ2n) is 4.58. The van der Waals surface area contributed by atoms with Gasteiger partial charge in [-0.1, -0.05) is 23.7 Å². The molecule has 1 heterocycles. The summed E-state index contributed by atoms with van der Waals surface area (Å²) in [6.45, 7) is 0.404. The van der Waals surface area contributed by atoms with Crippen LogP contribution in [0, 0.1) is 0 Å². The Morgan fingerprint density at radius 2 is 1.95 bits per heavy atom. The van der Waals surface area contributed by atoms with Crippen LogP contribution in [0.3, 0.4) is 0 Å². The van der Waals surface area contributed by atoms with Crippen molar-refractivity contribution in [2.75, 3.05) is 6.54 Å². The molecular formula is C15H18ClNO2. The first kappa shape index (κ1) is 14.1. The quantitative estimate of drug-likeness (QED) is 0.855. The Labute approximate surface area is 118 Å². The zero-order chi connectivity index (χ0) is 13.7. The maximum atomic E-state index is 10.3. The average Bonchev–Trinajstić information content (AvgIpc) is 2.92. The first-order valence-corrected chi connectivity index (χ1v) is 6.74. The molecule has 0 fully saturated rings. The van der Waals surface area contributed by atoms with E-state index in [0.717, 1.165) is 11.3 Å². The van der Waals surface area contributed by atoms with E-state index in [1.54, 1.807) is 6.26 Å². The minimum atomic E-state index is -0.490. The van der Waals surface area contributed by atoms with Gasteiger partial charge in [0, 0.05) is 23.9 Å². The van der Waals surface area contributed by atoms with Crippen molar-refractivity contribution in [3.63, 3.8) is 0 Å². The van der Waals surface area contributed by atoms with Crippen molar-refractivity contribution in [3.8, 4) is 0 Å². The number of rotatable bonds is 6. The van der Waals surface area contributed by atoms with E-state index in [0.29, 0.717) is 24.4 Å². The lowest BCUT2D eigenvalue weighted by molar-refractivity contribution is 0.134. The van der Waals surface area contributed by atoms with Gasteiger partial charge < -0.3 is 15.3 Å². The number of nitrogens with two attached hydrogens (primary N) is 1. The van der Waals surface area contributed by atoms with Crippen molar-refractivity contribution in [3.05, 3.63) is 59.0 Å². The zero-order valence-corrected chi connectivity index (χ0v) is 11.4. The molecule has 2 atom stereocenters. The molecule has 0 aliphatic carbocycles. The molecule has 0 saturated carbocycles. The lowest BCUT2D eigenvalue weighted by Crippen LogP contribution is -2.26. The lowest BCUT2D eigenvalue weighted by atomic mass is 9.90. The van der Waals surface area contributed by atoms with Gasteiger partial charge in [-0.3, -0.25) is 0 Å². The van der Waals surface area contributed by atoms with Crippen LogP contribution < -0.4 is 5.73 Å². The van der Waals surface area contributed by atoms with Crippen molar-refractivity contribution in [1.82, 2.24) is 0 Å². The molecule has 3 nitrogen and oxygen atoms in total. The fraction of sp³-hybridized carbons (Fsp3) is 0.333. The summed E-state index contributed by atoms with van der Waals surface area (Å²) in [6, 6.07) is 11.2.